The fourth-order valence-corrected chi connectivity index (χ4v) is 3.60. The van der Waals surface area contributed by atoms with Crippen LogP contribution in [0.5, 0.6) is 5.75 Å². The molecule has 2 N–H and O–H groups in total. The number of aromatic amines is 1. The van der Waals surface area contributed by atoms with Crippen LogP contribution in [0.4, 0.5) is 0 Å². The third kappa shape index (κ3) is 3.04. The molecule has 6 heteroatoms. The van der Waals surface area contributed by atoms with Crippen LogP contribution >= 0.6 is 12.2 Å². The normalized spacial score (nSPS) is 17.0. The first-order valence-corrected chi connectivity index (χ1v) is 8.86. The summed E-state index contributed by atoms with van der Waals surface area (Å²) in [5.41, 5.74) is 3.20. The molecule has 132 valence electrons. The molecule has 1 aromatic heterocycles. The molecule has 5 nitrogen and oxygen atoms in total. The number of carbonyl (C=O) groups excluding carboxylic acids is 1. The Labute approximate surface area is 157 Å². The Balaban J connectivity index is 1.49. The van der Waals surface area contributed by atoms with Crippen molar-refractivity contribution in [2.24, 2.45) is 0 Å². The van der Waals surface area contributed by atoms with Gasteiger partial charge in [0.15, 0.2) is 5.11 Å². The summed E-state index contributed by atoms with van der Waals surface area (Å²) in [6.07, 6.45) is 2.57. The molecule has 26 heavy (non-hydrogen) atoms. The number of aromatic nitrogens is 1. The molecule has 0 radical (unpaired) electrons. The van der Waals surface area contributed by atoms with Crippen molar-refractivity contribution in [3.8, 4) is 5.75 Å². The number of thiocarbonyl (C=S) groups is 1. The first kappa shape index (κ1) is 16.6. The van der Waals surface area contributed by atoms with E-state index in [9.17, 15) is 4.79 Å². The number of hydrogen-bond donors (Lipinski definition) is 2. The number of ether oxygens (including phenoxy) is 1. The summed E-state index contributed by atoms with van der Waals surface area (Å²) in [4.78, 5) is 17.7. The summed E-state index contributed by atoms with van der Waals surface area (Å²) in [5.74, 6) is 0.801. The SMILES string of the molecule is COc1ccc(CN2C(=O)C(Cc3c[nH]c4ccccc34)NC2=S)cc1. The van der Waals surface area contributed by atoms with E-state index in [1.807, 2.05) is 48.7 Å². The van der Waals surface area contributed by atoms with Gasteiger partial charge in [0, 0.05) is 23.5 Å². The molecule has 1 saturated heterocycles. The molecule has 3 aromatic rings. The molecule has 1 aliphatic rings. The minimum atomic E-state index is -0.333. The summed E-state index contributed by atoms with van der Waals surface area (Å²) >= 11 is 5.40. The quantitative estimate of drug-likeness (QED) is 0.683. The van der Waals surface area contributed by atoms with E-state index >= 15 is 0 Å². The summed E-state index contributed by atoms with van der Waals surface area (Å²) in [6, 6.07) is 15.4. The highest BCUT2D eigenvalue weighted by Crippen LogP contribution is 2.22. The van der Waals surface area contributed by atoms with E-state index in [1.165, 1.54) is 0 Å². The monoisotopic (exact) mass is 365 g/mol. The van der Waals surface area contributed by atoms with E-state index in [0.29, 0.717) is 18.1 Å². The predicted octanol–water partition coefficient (Wildman–Crippen LogP) is 3.00. The average molecular weight is 365 g/mol. The Kier molecular flexibility index (Phi) is 4.34. The van der Waals surface area contributed by atoms with E-state index < -0.39 is 0 Å². The van der Waals surface area contributed by atoms with Crippen molar-refractivity contribution < 1.29 is 9.53 Å². The van der Waals surface area contributed by atoms with Crippen LogP contribution in [0.1, 0.15) is 11.1 Å². The lowest BCUT2D eigenvalue weighted by molar-refractivity contribution is -0.127. The van der Waals surface area contributed by atoms with Crippen LogP contribution < -0.4 is 10.1 Å². The van der Waals surface area contributed by atoms with E-state index in [2.05, 4.69) is 16.4 Å². The van der Waals surface area contributed by atoms with Gasteiger partial charge >= 0.3 is 0 Å². The van der Waals surface area contributed by atoms with Gasteiger partial charge in [-0.15, -0.1) is 0 Å². The summed E-state index contributed by atoms with van der Waals surface area (Å²) in [5, 5.41) is 4.79. The first-order chi connectivity index (χ1) is 12.7. The van der Waals surface area contributed by atoms with Gasteiger partial charge < -0.3 is 15.0 Å². The van der Waals surface area contributed by atoms with Gasteiger partial charge in [-0.25, -0.2) is 0 Å². The molecule has 0 aliphatic carbocycles. The molecule has 1 fully saturated rings. The number of nitrogens with zero attached hydrogens (tertiary/aromatic N) is 1. The Bertz CT molecular complexity index is 965. The summed E-state index contributed by atoms with van der Waals surface area (Å²) in [7, 11) is 1.63. The van der Waals surface area contributed by atoms with Crippen LogP contribution in [0.25, 0.3) is 10.9 Å². The molecule has 2 heterocycles. The van der Waals surface area contributed by atoms with Crippen LogP contribution in [0.15, 0.2) is 54.7 Å². The Morgan fingerprint density at radius 1 is 1.15 bits per heavy atom. The van der Waals surface area contributed by atoms with Crippen molar-refractivity contribution in [1.29, 1.82) is 0 Å². The highest BCUT2D eigenvalue weighted by molar-refractivity contribution is 7.80. The number of methoxy groups -OCH3 is 1. The molecule has 4 rings (SSSR count). The molecule has 1 atom stereocenters. The number of hydrogen-bond acceptors (Lipinski definition) is 3. The van der Waals surface area contributed by atoms with Crippen LogP contribution in [0.2, 0.25) is 0 Å². The maximum absolute atomic E-state index is 12.8. The zero-order valence-electron chi connectivity index (χ0n) is 14.4. The van der Waals surface area contributed by atoms with Crippen LogP contribution in [-0.2, 0) is 17.8 Å². The zero-order chi connectivity index (χ0) is 18.1. The topological polar surface area (TPSA) is 57.4 Å². The first-order valence-electron chi connectivity index (χ1n) is 8.45. The number of nitrogens with one attached hydrogen (secondary N) is 2. The fourth-order valence-electron chi connectivity index (χ4n) is 3.30. The van der Waals surface area contributed by atoms with E-state index in [4.69, 9.17) is 17.0 Å². The van der Waals surface area contributed by atoms with Gasteiger partial charge in [-0.3, -0.25) is 9.69 Å². The third-order valence-corrected chi connectivity index (χ3v) is 5.04. The number of H-pyrrole nitrogens is 1. The second kappa shape index (κ2) is 6.80. The van der Waals surface area contributed by atoms with Crippen molar-refractivity contribution >= 4 is 34.1 Å². The second-order valence-electron chi connectivity index (χ2n) is 6.34. The minimum Gasteiger partial charge on any atom is -0.497 e. The van der Waals surface area contributed by atoms with E-state index in [-0.39, 0.29) is 11.9 Å². The number of rotatable bonds is 5. The molecule has 0 spiro atoms. The Morgan fingerprint density at radius 3 is 2.69 bits per heavy atom. The predicted molar refractivity (Wildman–Crippen MR) is 105 cm³/mol. The number of para-hydroxylation sites is 1. The fraction of sp³-hybridized carbons (Fsp3) is 0.200. The smallest absolute Gasteiger partial charge is 0.251 e. The summed E-state index contributed by atoms with van der Waals surface area (Å²) in [6.45, 7) is 0.457. The highest BCUT2D eigenvalue weighted by Gasteiger charge is 2.35. The number of benzene rings is 2. The lowest BCUT2D eigenvalue weighted by Gasteiger charge is -2.15. The van der Waals surface area contributed by atoms with Crippen LogP contribution in [0.3, 0.4) is 0 Å². The largest absolute Gasteiger partial charge is 0.497 e. The minimum absolute atomic E-state index is 0.0103. The van der Waals surface area contributed by atoms with Gasteiger partial charge in [-0.2, -0.15) is 0 Å². The van der Waals surface area contributed by atoms with E-state index in [0.717, 1.165) is 27.8 Å². The van der Waals surface area contributed by atoms with Crippen molar-refractivity contribution in [1.82, 2.24) is 15.2 Å². The second-order valence-corrected chi connectivity index (χ2v) is 6.72. The molecule has 2 aromatic carbocycles. The Morgan fingerprint density at radius 2 is 1.92 bits per heavy atom. The molecular formula is C20H19N3O2S. The molecule has 0 saturated carbocycles. The van der Waals surface area contributed by atoms with Crippen LogP contribution in [0, 0.1) is 0 Å². The number of fused-ring (bicyclic) bond motifs is 1. The lowest BCUT2D eigenvalue weighted by atomic mass is 10.0. The van der Waals surface area contributed by atoms with Crippen LogP contribution in [-0.4, -0.2) is 34.1 Å². The van der Waals surface area contributed by atoms with Crippen molar-refractivity contribution in [3.63, 3.8) is 0 Å². The van der Waals surface area contributed by atoms with Gasteiger partial charge in [-0.05, 0) is 41.5 Å². The maximum atomic E-state index is 12.8. The molecular weight excluding hydrogens is 346 g/mol. The van der Waals surface area contributed by atoms with Crippen molar-refractivity contribution in [3.05, 3.63) is 65.9 Å². The zero-order valence-corrected chi connectivity index (χ0v) is 15.2. The van der Waals surface area contributed by atoms with Gasteiger partial charge in [0.25, 0.3) is 5.91 Å². The van der Waals surface area contributed by atoms with E-state index in [1.54, 1.807) is 12.0 Å². The highest BCUT2D eigenvalue weighted by atomic mass is 32.1. The molecule has 1 aliphatic heterocycles. The number of amides is 1. The van der Waals surface area contributed by atoms with Gasteiger partial charge in [-0.1, -0.05) is 30.3 Å². The third-order valence-electron chi connectivity index (χ3n) is 4.71. The Hall–Kier alpha value is -2.86. The number of carbonyl (C=O) groups is 1. The average Bonchev–Trinajstić information content (AvgIpc) is 3.19. The maximum Gasteiger partial charge on any atom is 0.251 e. The summed E-state index contributed by atoms with van der Waals surface area (Å²) < 4.78 is 5.17. The van der Waals surface area contributed by atoms with Gasteiger partial charge in [0.2, 0.25) is 0 Å². The standard InChI is InChI=1S/C20H19N3O2S/c1-25-15-8-6-13(7-9-15)12-23-19(24)18(22-20(23)26)10-14-11-21-17-5-3-2-4-16(14)17/h2-9,11,18,21H,10,12H2,1H3,(H,22,26). The van der Waals surface area contributed by atoms with Gasteiger partial charge in [0.1, 0.15) is 11.8 Å². The lowest BCUT2D eigenvalue weighted by Crippen LogP contribution is -2.32. The molecule has 0 bridgehead atoms. The van der Waals surface area contributed by atoms with Crippen molar-refractivity contribution in [2.75, 3.05) is 7.11 Å². The molecule has 1 unspecified atom stereocenters. The molecule has 1 amide bonds. The van der Waals surface area contributed by atoms with Gasteiger partial charge in [0.05, 0.1) is 13.7 Å². The van der Waals surface area contributed by atoms with Crippen molar-refractivity contribution in [2.45, 2.75) is 19.0 Å².